The number of ether oxygens (including phenoxy) is 4. The third-order valence-corrected chi connectivity index (χ3v) is 5.18. The van der Waals surface area contributed by atoms with E-state index in [1.165, 1.54) is 45.2 Å². The molecule has 0 aromatic heterocycles. The minimum atomic E-state index is -0.683. The van der Waals surface area contributed by atoms with Crippen LogP contribution in [-0.2, 0) is 14.3 Å². The fourth-order valence-electron chi connectivity index (χ4n) is 3.24. The lowest BCUT2D eigenvalue weighted by Crippen LogP contribution is -2.12. The first kappa shape index (κ1) is 27.1. The van der Waals surface area contributed by atoms with E-state index in [1.54, 1.807) is 30.3 Å². The van der Waals surface area contributed by atoms with Crippen LogP contribution in [0.15, 0.2) is 78.9 Å². The average molecular weight is 509 g/mol. The number of halogens is 2. The lowest BCUT2D eigenvalue weighted by atomic mass is 9.99. The van der Waals surface area contributed by atoms with Crippen molar-refractivity contribution in [2.45, 2.75) is 13.8 Å². The molecule has 8 heteroatoms. The van der Waals surface area contributed by atoms with Crippen molar-refractivity contribution in [2.75, 3.05) is 20.3 Å². The van der Waals surface area contributed by atoms with Gasteiger partial charge in [-0.25, -0.2) is 18.4 Å². The molecule has 0 heterocycles. The molecule has 3 aromatic carbocycles. The largest absolute Gasteiger partial charge is 0.493 e. The first-order valence-electron chi connectivity index (χ1n) is 11.2. The SMILES string of the molecule is C=C(C)C(=O)OCCOc1ccc(-c2ccc(-c3ccc(OC(=O)C(=C)C)c(OC)c3)cc2F)cc1F. The lowest BCUT2D eigenvalue weighted by Gasteiger charge is -2.12. The summed E-state index contributed by atoms with van der Waals surface area (Å²) in [4.78, 5) is 23.2. The van der Waals surface area contributed by atoms with Crippen LogP contribution in [0.2, 0.25) is 0 Å². The van der Waals surface area contributed by atoms with Gasteiger partial charge in [0.2, 0.25) is 0 Å². The van der Waals surface area contributed by atoms with Crippen molar-refractivity contribution in [1.82, 2.24) is 0 Å². The average Bonchev–Trinajstić information content (AvgIpc) is 2.87. The number of hydrogen-bond acceptors (Lipinski definition) is 6. The normalized spacial score (nSPS) is 10.4. The molecule has 0 amide bonds. The Morgan fingerprint density at radius 3 is 1.95 bits per heavy atom. The Morgan fingerprint density at radius 2 is 1.32 bits per heavy atom. The molecular formula is C29H26F2O6. The number of rotatable bonds is 10. The predicted molar refractivity (Wildman–Crippen MR) is 135 cm³/mol. The van der Waals surface area contributed by atoms with Gasteiger partial charge in [-0.05, 0) is 60.9 Å². The first-order valence-corrected chi connectivity index (χ1v) is 11.2. The summed E-state index contributed by atoms with van der Waals surface area (Å²) in [6, 6.07) is 13.5. The van der Waals surface area contributed by atoms with Crippen molar-refractivity contribution in [1.29, 1.82) is 0 Å². The van der Waals surface area contributed by atoms with E-state index in [9.17, 15) is 14.0 Å². The highest BCUT2D eigenvalue weighted by atomic mass is 19.1. The number of carbonyl (C=O) groups is 2. The molecule has 6 nitrogen and oxygen atoms in total. The molecule has 192 valence electrons. The zero-order valence-electron chi connectivity index (χ0n) is 20.7. The summed E-state index contributed by atoms with van der Waals surface area (Å²) < 4.78 is 50.4. The van der Waals surface area contributed by atoms with Crippen molar-refractivity contribution >= 4 is 11.9 Å². The zero-order valence-corrected chi connectivity index (χ0v) is 20.7. The molecule has 3 aromatic rings. The Bertz CT molecular complexity index is 1360. The van der Waals surface area contributed by atoms with E-state index in [-0.39, 0.29) is 41.4 Å². The summed E-state index contributed by atoms with van der Waals surface area (Å²) >= 11 is 0. The Balaban J connectivity index is 1.75. The summed E-state index contributed by atoms with van der Waals surface area (Å²) in [5, 5.41) is 0. The fourth-order valence-corrected chi connectivity index (χ4v) is 3.24. The van der Waals surface area contributed by atoms with Gasteiger partial charge in [0.05, 0.1) is 7.11 Å². The van der Waals surface area contributed by atoms with Crippen LogP contribution in [0.25, 0.3) is 22.3 Å². The predicted octanol–water partition coefficient (Wildman–Crippen LogP) is 6.29. The summed E-state index contributed by atoms with van der Waals surface area (Å²) in [6.45, 7) is 9.95. The summed E-state index contributed by atoms with van der Waals surface area (Å²) in [5.74, 6) is -1.93. The maximum Gasteiger partial charge on any atom is 0.338 e. The van der Waals surface area contributed by atoms with Crippen molar-refractivity contribution in [3.63, 3.8) is 0 Å². The van der Waals surface area contributed by atoms with Crippen molar-refractivity contribution in [3.8, 4) is 39.5 Å². The Labute approximate surface area is 213 Å². The molecule has 0 N–H and O–H groups in total. The van der Waals surface area contributed by atoms with Crippen LogP contribution in [0.5, 0.6) is 17.2 Å². The van der Waals surface area contributed by atoms with Crippen LogP contribution in [-0.4, -0.2) is 32.3 Å². The van der Waals surface area contributed by atoms with Gasteiger partial charge in [-0.2, -0.15) is 0 Å². The number of carbonyl (C=O) groups excluding carboxylic acids is 2. The van der Waals surface area contributed by atoms with E-state index in [0.717, 1.165) is 0 Å². The van der Waals surface area contributed by atoms with Crippen molar-refractivity contribution in [3.05, 3.63) is 90.5 Å². The third kappa shape index (κ3) is 6.82. The van der Waals surface area contributed by atoms with Crippen LogP contribution in [0.1, 0.15) is 13.8 Å². The van der Waals surface area contributed by atoms with E-state index >= 15 is 4.39 Å². The van der Waals surface area contributed by atoms with Gasteiger partial charge in [0.15, 0.2) is 23.1 Å². The standard InChI is InChI=1S/C29H26F2O6/c1-17(2)28(32)36-13-12-35-25-10-8-21(15-24(25)31)22-9-6-19(14-23(22)30)20-7-11-26(27(16-20)34-5)37-29(33)18(3)4/h6-11,14-16H,1,3,12-13H2,2,4-5H3. The van der Waals surface area contributed by atoms with Gasteiger partial charge in [-0.15, -0.1) is 0 Å². The lowest BCUT2D eigenvalue weighted by molar-refractivity contribution is -0.139. The number of methoxy groups -OCH3 is 1. The highest BCUT2D eigenvalue weighted by Crippen LogP contribution is 2.35. The van der Waals surface area contributed by atoms with Crippen LogP contribution in [0.3, 0.4) is 0 Å². The minimum Gasteiger partial charge on any atom is -0.493 e. The van der Waals surface area contributed by atoms with E-state index in [1.807, 2.05) is 0 Å². The molecule has 0 spiro atoms. The van der Waals surface area contributed by atoms with Gasteiger partial charge >= 0.3 is 11.9 Å². The maximum absolute atomic E-state index is 15.0. The second-order valence-corrected chi connectivity index (χ2v) is 8.14. The molecule has 0 aliphatic rings. The highest BCUT2D eigenvalue weighted by molar-refractivity contribution is 5.89. The van der Waals surface area contributed by atoms with Crippen LogP contribution >= 0.6 is 0 Å². The number of esters is 2. The molecular weight excluding hydrogens is 482 g/mol. The number of hydrogen-bond donors (Lipinski definition) is 0. The second-order valence-electron chi connectivity index (χ2n) is 8.14. The first-order chi connectivity index (χ1) is 17.6. The van der Waals surface area contributed by atoms with Crippen LogP contribution < -0.4 is 14.2 Å². The van der Waals surface area contributed by atoms with Crippen LogP contribution in [0.4, 0.5) is 8.78 Å². The topological polar surface area (TPSA) is 71.1 Å². The molecule has 0 atom stereocenters. The monoisotopic (exact) mass is 508 g/mol. The smallest absolute Gasteiger partial charge is 0.338 e. The molecule has 0 saturated carbocycles. The fraction of sp³-hybridized carbons (Fsp3) is 0.172. The molecule has 37 heavy (non-hydrogen) atoms. The molecule has 0 unspecified atom stereocenters. The van der Waals surface area contributed by atoms with Crippen LogP contribution in [0, 0.1) is 11.6 Å². The van der Waals surface area contributed by atoms with Gasteiger partial charge < -0.3 is 18.9 Å². The van der Waals surface area contributed by atoms with E-state index in [2.05, 4.69) is 13.2 Å². The summed E-state index contributed by atoms with van der Waals surface area (Å²) in [6.07, 6.45) is 0. The molecule has 0 aliphatic carbocycles. The molecule has 0 fully saturated rings. The zero-order chi connectivity index (χ0) is 27.1. The molecule has 0 saturated heterocycles. The molecule has 0 radical (unpaired) electrons. The molecule has 0 bridgehead atoms. The van der Waals surface area contributed by atoms with E-state index in [4.69, 9.17) is 18.9 Å². The summed E-state index contributed by atoms with van der Waals surface area (Å²) in [7, 11) is 1.43. The Kier molecular flexibility index (Phi) is 8.79. The molecule has 3 rings (SSSR count). The van der Waals surface area contributed by atoms with E-state index < -0.39 is 23.6 Å². The minimum absolute atomic E-state index is 0.0486. The van der Waals surface area contributed by atoms with Gasteiger partial charge in [0.1, 0.15) is 19.0 Å². The second kappa shape index (κ2) is 12.0. The van der Waals surface area contributed by atoms with Crippen molar-refractivity contribution in [2.24, 2.45) is 0 Å². The van der Waals surface area contributed by atoms with Gasteiger partial charge in [-0.3, -0.25) is 0 Å². The van der Waals surface area contributed by atoms with Gasteiger partial charge in [0, 0.05) is 16.7 Å². The number of benzene rings is 3. The van der Waals surface area contributed by atoms with Gasteiger partial charge in [-0.1, -0.05) is 37.4 Å². The Morgan fingerprint density at radius 1 is 0.730 bits per heavy atom. The quantitative estimate of drug-likeness (QED) is 0.139. The maximum atomic E-state index is 15.0. The Hall–Kier alpha value is -4.46. The van der Waals surface area contributed by atoms with Crippen molar-refractivity contribution < 1.29 is 37.3 Å². The highest BCUT2D eigenvalue weighted by Gasteiger charge is 2.15. The summed E-state index contributed by atoms with van der Waals surface area (Å²) in [5.41, 5.74) is 2.18. The van der Waals surface area contributed by atoms with Gasteiger partial charge in [0.25, 0.3) is 0 Å². The third-order valence-electron chi connectivity index (χ3n) is 5.18. The van der Waals surface area contributed by atoms with E-state index in [0.29, 0.717) is 22.4 Å². The molecule has 0 aliphatic heterocycles.